The Morgan fingerprint density at radius 2 is 1.84 bits per heavy atom. The predicted molar refractivity (Wildman–Crippen MR) is 76.5 cm³/mol. The van der Waals surface area contributed by atoms with Crippen LogP contribution in [0.5, 0.6) is 0 Å². The maximum Gasteiger partial charge on any atom is 0.416 e. The molecular formula is C14H15F6NO3S. The second-order valence-electron chi connectivity index (χ2n) is 5.80. The molecule has 1 heterocycles. The Labute approximate surface area is 140 Å². The van der Waals surface area contributed by atoms with Gasteiger partial charge >= 0.3 is 12.4 Å². The minimum atomic E-state index is -4.86. The zero-order chi connectivity index (χ0) is 19.0. The monoisotopic (exact) mass is 391 g/mol. The summed E-state index contributed by atoms with van der Waals surface area (Å²) in [7, 11) is -3.81. The SMILES string of the molecule is O=S1(=O)CCN(C[C@H](O)C(F)(F)F)CC1c1cccc(C(F)(F)F)c1. The number of hydrogen-bond donors (Lipinski definition) is 1. The van der Waals surface area contributed by atoms with Gasteiger partial charge in [-0.1, -0.05) is 18.2 Å². The van der Waals surface area contributed by atoms with E-state index in [1.165, 1.54) is 6.07 Å². The maximum atomic E-state index is 12.8. The lowest BCUT2D eigenvalue weighted by molar-refractivity contribution is -0.208. The number of rotatable bonds is 3. The van der Waals surface area contributed by atoms with E-state index in [2.05, 4.69) is 0 Å². The molecule has 1 saturated heterocycles. The quantitative estimate of drug-likeness (QED) is 0.804. The van der Waals surface area contributed by atoms with Gasteiger partial charge in [-0.3, -0.25) is 4.90 Å². The fraction of sp³-hybridized carbons (Fsp3) is 0.571. The van der Waals surface area contributed by atoms with Crippen LogP contribution >= 0.6 is 0 Å². The molecule has 0 saturated carbocycles. The van der Waals surface area contributed by atoms with Crippen LogP contribution in [0.1, 0.15) is 16.4 Å². The van der Waals surface area contributed by atoms with Gasteiger partial charge in [0.25, 0.3) is 0 Å². The Bertz CT molecular complexity index is 716. The molecular weight excluding hydrogens is 376 g/mol. The summed E-state index contributed by atoms with van der Waals surface area (Å²) < 4.78 is 100. The third-order valence-electron chi connectivity index (χ3n) is 3.94. The summed E-state index contributed by atoms with van der Waals surface area (Å²) in [6.07, 6.45) is -12.2. The fourth-order valence-electron chi connectivity index (χ4n) is 2.58. The van der Waals surface area contributed by atoms with E-state index in [-0.39, 0.29) is 12.1 Å². The lowest BCUT2D eigenvalue weighted by atomic mass is 10.1. The molecule has 142 valence electrons. The largest absolute Gasteiger partial charge is 0.416 e. The molecule has 0 amide bonds. The smallest absolute Gasteiger partial charge is 0.382 e. The summed E-state index contributed by atoms with van der Waals surface area (Å²) in [5, 5.41) is 7.73. The first kappa shape index (κ1) is 20.0. The molecule has 1 aromatic rings. The number of aliphatic hydroxyl groups is 1. The maximum absolute atomic E-state index is 12.8. The Balaban J connectivity index is 2.26. The van der Waals surface area contributed by atoms with Crippen molar-refractivity contribution in [2.24, 2.45) is 0 Å². The molecule has 11 heteroatoms. The first-order valence-electron chi connectivity index (χ1n) is 7.16. The average molecular weight is 391 g/mol. The van der Waals surface area contributed by atoms with Gasteiger partial charge in [-0.05, 0) is 11.6 Å². The minimum Gasteiger partial charge on any atom is -0.382 e. The second kappa shape index (κ2) is 6.76. The van der Waals surface area contributed by atoms with E-state index in [1.807, 2.05) is 0 Å². The third-order valence-corrected chi connectivity index (χ3v) is 5.98. The first-order chi connectivity index (χ1) is 11.3. The Morgan fingerprint density at radius 1 is 1.20 bits per heavy atom. The van der Waals surface area contributed by atoms with Crippen molar-refractivity contribution in [2.75, 3.05) is 25.4 Å². The summed E-state index contributed by atoms with van der Waals surface area (Å²) in [4.78, 5) is 1.09. The number of hydrogen-bond acceptors (Lipinski definition) is 4. The minimum absolute atomic E-state index is 0.138. The van der Waals surface area contributed by atoms with E-state index in [9.17, 15) is 34.8 Å². The van der Waals surface area contributed by atoms with E-state index in [1.54, 1.807) is 0 Å². The molecule has 0 spiro atoms. The highest BCUT2D eigenvalue weighted by atomic mass is 32.2. The number of sulfone groups is 1. The molecule has 2 rings (SSSR count). The number of nitrogens with zero attached hydrogens (tertiary/aromatic N) is 1. The topological polar surface area (TPSA) is 57.6 Å². The van der Waals surface area contributed by atoms with Crippen LogP contribution < -0.4 is 0 Å². The van der Waals surface area contributed by atoms with Crippen LogP contribution in [0.2, 0.25) is 0 Å². The van der Waals surface area contributed by atoms with Crippen LogP contribution in [0.4, 0.5) is 26.3 Å². The summed E-state index contributed by atoms with van der Waals surface area (Å²) >= 11 is 0. The van der Waals surface area contributed by atoms with Gasteiger partial charge in [0.2, 0.25) is 0 Å². The summed E-state index contributed by atoms with van der Waals surface area (Å²) in [6.45, 7) is -1.49. The van der Waals surface area contributed by atoms with Crippen LogP contribution in [0, 0.1) is 0 Å². The van der Waals surface area contributed by atoms with E-state index < -0.39 is 57.9 Å². The van der Waals surface area contributed by atoms with E-state index in [4.69, 9.17) is 5.11 Å². The molecule has 0 aliphatic carbocycles. The molecule has 1 aromatic carbocycles. The number of aliphatic hydroxyl groups excluding tert-OH is 1. The van der Waals surface area contributed by atoms with Crippen molar-refractivity contribution in [1.29, 1.82) is 0 Å². The molecule has 2 atom stereocenters. The van der Waals surface area contributed by atoms with Crippen LogP contribution in [0.15, 0.2) is 24.3 Å². The van der Waals surface area contributed by atoms with Crippen molar-refractivity contribution in [2.45, 2.75) is 23.7 Å². The second-order valence-corrected chi connectivity index (χ2v) is 8.10. The highest BCUT2D eigenvalue weighted by molar-refractivity contribution is 7.91. The molecule has 0 aromatic heterocycles. The van der Waals surface area contributed by atoms with Crippen molar-refractivity contribution < 1.29 is 39.9 Å². The number of alkyl halides is 6. The number of benzene rings is 1. The van der Waals surface area contributed by atoms with Gasteiger partial charge in [0, 0.05) is 19.6 Å². The molecule has 25 heavy (non-hydrogen) atoms. The van der Waals surface area contributed by atoms with Crippen LogP contribution in [0.3, 0.4) is 0 Å². The first-order valence-corrected chi connectivity index (χ1v) is 8.88. The van der Waals surface area contributed by atoms with Gasteiger partial charge < -0.3 is 5.11 Å². The van der Waals surface area contributed by atoms with Gasteiger partial charge in [-0.15, -0.1) is 0 Å². The molecule has 1 N–H and O–H groups in total. The standard InChI is InChI=1S/C14H15F6NO3S/c15-13(16,17)10-3-1-2-9(6-10)11-7-21(4-5-25(11,23)24)8-12(22)14(18,19)20/h1-3,6,11-12,22H,4-5,7-8H2/t11?,12-/m0/s1. The van der Waals surface area contributed by atoms with Gasteiger partial charge in [-0.25, -0.2) is 8.42 Å². The molecule has 0 radical (unpaired) electrons. The Morgan fingerprint density at radius 3 is 2.40 bits per heavy atom. The van der Waals surface area contributed by atoms with Gasteiger partial charge in [-0.2, -0.15) is 26.3 Å². The van der Waals surface area contributed by atoms with Gasteiger partial charge in [0.1, 0.15) is 0 Å². The molecule has 1 aliphatic heterocycles. The number of halogens is 6. The molecule has 1 unspecified atom stereocenters. The van der Waals surface area contributed by atoms with Crippen molar-refractivity contribution >= 4 is 9.84 Å². The summed E-state index contributed by atoms with van der Waals surface area (Å²) in [6, 6.07) is 3.72. The van der Waals surface area contributed by atoms with Crippen molar-refractivity contribution in [1.82, 2.24) is 4.90 Å². The van der Waals surface area contributed by atoms with Crippen LogP contribution in [-0.4, -0.2) is 56.1 Å². The van der Waals surface area contributed by atoms with Crippen molar-refractivity contribution in [3.8, 4) is 0 Å². The van der Waals surface area contributed by atoms with E-state index >= 15 is 0 Å². The summed E-state index contributed by atoms with van der Waals surface area (Å²) in [5.74, 6) is -0.501. The van der Waals surface area contributed by atoms with Crippen LogP contribution in [0.25, 0.3) is 0 Å². The zero-order valence-electron chi connectivity index (χ0n) is 12.7. The molecule has 1 fully saturated rings. The average Bonchev–Trinajstić information content (AvgIpc) is 2.47. The molecule has 0 bridgehead atoms. The van der Waals surface area contributed by atoms with E-state index in [0.29, 0.717) is 6.07 Å². The Hall–Kier alpha value is -1.33. The highest BCUT2D eigenvalue weighted by Crippen LogP contribution is 2.34. The fourth-order valence-corrected chi connectivity index (χ4v) is 4.38. The predicted octanol–water partition coefficient (Wildman–Crippen LogP) is 2.40. The summed E-state index contributed by atoms with van der Waals surface area (Å²) in [5.41, 5.74) is -1.17. The lowest BCUT2D eigenvalue weighted by Gasteiger charge is -2.34. The zero-order valence-corrected chi connectivity index (χ0v) is 13.5. The number of β-amino-alcohol motifs (C(OH)–C–C–N with tert-alkyl or cyclic N) is 1. The van der Waals surface area contributed by atoms with Gasteiger partial charge in [0.05, 0.1) is 16.6 Å². The van der Waals surface area contributed by atoms with Crippen LogP contribution in [-0.2, 0) is 16.0 Å². The molecule has 4 nitrogen and oxygen atoms in total. The van der Waals surface area contributed by atoms with Gasteiger partial charge in [0.15, 0.2) is 15.9 Å². The Kier molecular flexibility index (Phi) is 5.41. The molecule has 1 aliphatic rings. The lowest BCUT2D eigenvalue weighted by Crippen LogP contribution is -2.48. The normalized spacial score (nSPS) is 23.4. The van der Waals surface area contributed by atoms with Crippen molar-refractivity contribution in [3.05, 3.63) is 35.4 Å². The third kappa shape index (κ3) is 4.85. The van der Waals surface area contributed by atoms with E-state index in [0.717, 1.165) is 17.0 Å². The highest BCUT2D eigenvalue weighted by Gasteiger charge is 2.42. The van der Waals surface area contributed by atoms with Crippen molar-refractivity contribution in [3.63, 3.8) is 0 Å².